The normalized spacial score (nSPS) is 15.1. The molecule has 2 aliphatic rings. The summed E-state index contributed by atoms with van der Waals surface area (Å²) in [5, 5.41) is 1.24. The second-order valence-electron chi connectivity index (χ2n) is 6.04. The molecular formula is C18H16O9S. The highest BCUT2D eigenvalue weighted by Gasteiger charge is 2.29. The van der Waals surface area contributed by atoms with Crippen molar-refractivity contribution in [2.75, 3.05) is 27.0 Å². The van der Waals surface area contributed by atoms with E-state index in [1.54, 1.807) is 18.2 Å². The van der Waals surface area contributed by atoms with Gasteiger partial charge in [-0.15, -0.1) is 0 Å². The topological polar surface area (TPSA) is 107 Å². The number of ether oxygens (including phenoxy) is 5. The molecule has 0 fully saturated rings. The molecular weight excluding hydrogens is 392 g/mol. The van der Waals surface area contributed by atoms with Crippen molar-refractivity contribution in [1.82, 2.24) is 0 Å². The summed E-state index contributed by atoms with van der Waals surface area (Å²) in [7, 11) is -2.54. The smallest absolute Gasteiger partial charge is 0.338 e. The van der Waals surface area contributed by atoms with Gasteiger partial charge in [0.25, 0.3) is 10.1 Å². The SMILES string of the molecule is COC(=O)c1cc2ccc3c(c2c(C2=COCO2)c1COS(C)(=O)=O)OCO3. The van der Waals surface area contributed by atoms with Crippen LogP contribution in [-0.4, -0.2) is 41.3 Å². The first-order valence-electron chi connectivity index (χ1n) is 8.15. The molecule has 0 atom stereocenters. The van der Waals surface area contributed by atoms with Gasteiger partial charge in [-0.3, -0.25) is 4.18 Å². The van der Waals surface area contributed by atoms with Crippen LogP contribution in [0.5, 0.6) is 11.5 Å². The monoisotopic (exact) mass is 408 g/mol. The summed E-state index contributed by atoms with van der Waals surface area (Å²) < 4.78 is 54.8. The lowest BCUT2D eigenvalue weighted by atomic mass is 9.92. The van der Waals surface area contributed by atoms with Gasteiger partial charge in [-0.25, -0.2) is 4.79 Å². The maximum atomic E-state index is 12.4. The van der Waals surface area contributed by atoms with Crippen molar-refractivity contribution < 1.29 is 41.1 Å². The van der Waals surface area contributed by atoms with Crippen molar-refractivity contribution in [2.45, 2.75) is 6.61 Å². The first-order valence-corrected chi connectivity index (χ1v) is 9.96. The van der Waals surface area contributed by atoms with Crippen LogP contribution in [0.15, 0.2) is 24.5 Å². The van der Waals surface area contributed by atoms with Gasteiger partial charge in [0.15, 0.2) is 17.3 Å². The van der Waals surface area contributed by atoms with E-state index >= 15 is 0 Å². The molecule has 2 aromatic carbocycles. The number of carbonyl (C=O) groups excluding carboxylic acids is 1. The minimum absolute atomic E-state index is 0.0158. The minimum atomic E-state index is -3.78. The summed E-state index contributed by atoms with van der Waals surface area (Å²) in [6, 6.07) is 5.07. The van der Waals surface area contributed by atoms with E-state index in [-0.39, 0.29) is 24.7 Å². The summed E-state index contributed by atoms with van der Waals surface area (Å²) in [4.78, 5) is 12.4. The molecule has 0 N–H and O–H groups in total. The maximum Gasteiger partial charge on any atom is 0.338 e. The molecule has 9 nitrogen and oxygen atoms in total. The van der Waals surface area contributed by atoms with Crippen molar-refractivity contribution in [3.63, 3.8) is 0 Å². The Morgan fingerprint density at radius 1 is 1.18 bits per heavy atom. The lowest BCUT2D eigenvalue weighted by molar-refractivity contribution is 0.0597. The average Bonchev–Trinajstić information content (AvgIpc) is 3.35. The number of hydrogen-bond donors (Lipinski definition) is 0. The van der Waals surface area contributed by atoms with Gasteiger partial charge < -0.3 is 23.7 Å². The molecule has 0 bridgehead atoms. The fourth-order valence-corrected chi connectivity index (χ4v) is 3.48. The second-order valence-corrected chi connectivity index (χ2v) is 7.69. The molecule has 0 saturated heterocycles. The number of esters is 1. The number of rotatable bonds is 5. The van der Waals surface area contributed by atoms with E-state index in [1.165, 1.54) is 13.4 Å². The van der Waals surface area contributed by atoms with Crippen molar-refractivity contribution >= 4 is 32.6 Å². The number of hydrogen-bond acceptors (Lipinski definition) is 9. The predicted molar refractivity (Wildman–Crippen MR) is 96.1 cm³/mol. The van der Waals surface area contributed by atoms with Gasteiger partial charge in [-0.1, -0.05) is 6.07 Å². The number of methoxy groups -OCH3 is 1. The lowest BCUT2D eigenvalue weighted by Gasteiger charge is -2.17. The summed E-state index contributed by atoms with van der Waals surface area (Å²) in [6.07, 6.45) is 2.31. The molecule has 0 radical (unpaired) electrons. The fraction of sp³-hybridized carbons (Fsp3) is 0.278. The standard InChI is InChI=1S/C18H16O9S/c1-22-18(19)11-5-10-3-4-13-17(26-9-25-13)15(10)16(14-7-23-8-24-14)12(11)6-27-28(2,20)21/h3-5,7H,6,8-9H2,1-2H3. The highest BCUT2D eigenvalue weighted by Crippen LogP contribution is 2.45. The number of benzene rings is 2. The van der Waals surface area contributed by atoms with Crippen LogP contribution in [0, 0.1) is 0 Å². The fourth-order valence-electron chi connectivity index (χ4n) is 3.15. The molecule has 4 rings (SSSR count). The molecule has 0 unspecified atom stereocenters. The van der Waals surface area contributed by atoms with Crippen LogP contribution in [0.2, 0.25) is 0 Å². The van der Waals surface area contributed by atoms with Crippen LogP contribution < -0.4 is 9.47 Å². The second kappa shape index (κ2) is 6.88. The van der Waals surface area contributed by atoms with Crippen molar-refractivity contribution in [3.8, 4) is 11.5 Å². The van der Waals surface area contributed by atoms with Gasteiger partial charge in [-0.05, 0) is 17.5 Å². The lowest BCUT2D eigenvalue weighted by Crippen LogP contribution is -2.13. The highest BCUT2D eigenvalue weighted by molar-refractivity contribution is 7.85. The van der Waals surface area contributed by atoms with E-state index in [9.17, 15) is 13.2 Å². The zero-order chi connectivity index (χ0) is 19.9. The van der Waals surface area contributed by atoms with Crippen molar-refractivity contribution in [3.05, 3.63) is 41.2 Å². The Labute approximate surface area is 160 Å². The molecule has 0 amide bonds. The zero-order valence-corrected chi connectivity index (χ0v) is 15.8. The van der Waals surface area contributed by atoms with E-state index in [4.69, 9.17) is 27.9 Å². The third-order valence-corrected chi connectivity index (χ3v) is 4.84. The van der Waals surface area contributed by atoms with E-state index in [2.05, 4.69) is 0 Å². The van der Waals surface area contributed by atoms with Crippen molar-refractivity contribution in [1.29, 1.82) is 0 Å². The Balaban J connectivity index is 2.06. The van der Waals surface area contributed by atoms with E-state index < -0.39 is 22.7 Å². The van der Waals surface area contributed by atoms with Gasteiger partial charge in [0.1, 0.15) is 6.26 Å². The Morgan fingerprint density at radius 2 is 2.00 bits per heavy atom. The molecule has 10 heteroatoms. The summed E-state index contributed by atoms with van der Waals surface area (Å²) in [5.74, 6) is 0.647. The quantitative estimate of drug-likeness (QED) is 0.543. The first-order chi connectivity index (χ1) is 13.4. The van der Waals surface area contributed by atoms with Gasteiger partial charge in [0, 0.05) is 16.5 Å². The molecule has 2 aliphatic heterocycles. The van der Waals surface area contributed by atoms with E-state index in [0.29, 0.717) is 33.6 Å². The third kappa shape index (κ3) is 3.20. The molecule has 0 spiro atoms. The van der Waals surface area contributed by atoms with Gasteiger partial charge >= 0.3 is 5.97 Å². The summed E-state index contributed by atoms with van der Waals surface area (Å²) in [6.45, 7) is -0.379. The van der Waals surface area contributed by atoms with E-state index in [0.717, 1.165) is 6.26 Å². The Morgan fingerprint density at radius 3 is 2.68 bits per heavy atom. The molecule has 28 heavy (non-hydrogen) atoms. The highest BCUT2D eigenvalue weighted by atomic mass is 32.2. The number of fused-ring (bicyclic) bond motifs is 3. The van der Waals surface area contributed by atoms with Crippen LogP contribution in [0.25, 0.3) is 16.5 Å². The molecule has 0 aliphatic carbocycles. The third-order valence-electron chi connectivity index (χ3n) is 4.29. The average molecular weight is 408 g/mol. The Bertz CT molecular complexity index is 1100. The number of carbonyl (C=O) groups is 1. The maximum absolute atomic E-state index is 12.4. The molecule has 2 heterocycles. The zero-order valence-electron chi connectivity index (χ0n) is 15.0. The predicted octanol–water partition coefficient (Wildman–Crippen LogP) is 2.13. The molecule has 148 valence electrons. The molecule has 0 aromatic heterocycles. The van der Waals surface area contributed by atoms with Gasteiger partial charge in [0.2, 0.25) is 13.6 Å². The van der Waals surface area contributed by atoms with Crippen LogP contribution >= 0.6 is 0 Å². The van der Waals surface area contributed by atoms with Gasteiger partial charge in [-0.2, -0.15) is 8.42 Å². The van der Waals surface area contributed by atoms with Crippen LogP contribution in [0.4, 0.5) is 0 Å². The summed E-state index contributed by atoms with van der Waals surface area (Å²) in [5.41, 5.74) is 0.829. The Hall–Kier alpha value is -2.98. The van der Waals surface area contributed by atoms with Crippen molar-refractivity contribution in [2.24, 2.45) is 0 Å². The summed E-state index contributed by atoms with van der Waals surface area (Å²) >= 11 is 0. The van der Waals surface area contributed by atoms with Gasteiger partial charge in [0.05, 0.1) is 25.5 Å². The Kier molecular flexibility index (Phi) is 4.52. The molecule has 0 saturated carbocycles. The van der Waals surface area contributed by atoms with Crippen LogP contribution in [0.3, 0.4) is 0 Å². The molecule has 2 aromatic rings. The van der Waals surface area contributed by atoms with Crippen LogP contribution in [0.1, 0.15) is 21.5 Å². The largest absolute Gasteiger partial charge is 0.465 e. The van der Waals surface area contributed by atoms with Crippen LogP contribution in [-0.2, 0) is 35.1 Å². The minimum Gasteiger partial charge on any atom is -0.465 e. The van der Waals surface area contributed by atoms with E-state index in [1.807, 2.05) is 0 Å². The first kappa shape index (κ1) is 18.4.